The van der Waals surface area contributed by atoms with Crippen molar-refractivity contribution < 1.29 is 0 Å². The molecule has 0 aliphatic carbocycles. The molecule has 0 aromatic carbocycles. The van der Waals surface area contributed by atoms with Gasteiger partial charge >= 0.3 is 0 Å². The Labute approximate surface area is 49.0 Å². The molecule has 2 heteroatoms. The second-order valence-electron chi connectivity index (χ2n) is 1.90. The number of aromatic amines is 1. The Morgan fingerprint density at radius 2 is 2.62 bits per heavy atom. The second kappa shape index (κ2) is 1.99. The molecule has 0 aliphatic rings. The van der Waals surface area contributed by atoms with Gasteiger partial charge in [0.15, 0.2) is 0 Å². The van der Waals surface area contributed by atoms with Gasteiger partial charge in [0.05, 0.1) is 12.0 Å². The van der Waals surface area contributed by atoms with E-state index < -0.39 is 0 Å². The molecule has 0 saturated carbocycles. The van der Waals surface area contributed by atoms with Gasteiger partial charge in [0.2, 0.25) is 0 Å². The van der Waals surface area contributed by atoms with E-state index in [0.717, 1.165) is 5.69 Å². The topological polar surface area (TPSA) is 28.7 Å². The SMILES string of the molecule is [CH2]C(C)c1c[nH]cn1. The molecule has 1 unspecified atom stereocenters. The van der Waals surface area contributed by atoms with Crippen LogP contribution in [0.3, 0.4) is 0 Å². The molecule has 0 bridgehead atoms. The van der Waals surface area contributed by atoms with Crippen LogP contribution in [0.15, 0.2) is 12.5 Å². The fraction of sp³-hybridized carbons (Fsp3) is 0.333. The molecule has 1 aromatic rings. The first-order valence-corrected chi connectivity index (χ1v) is 2.62. The predicted molar refractivity (Wildman–Crippen MR) is 32.4 cm³/mol. The van der Waals surface area contributed by atoms with E-state index >= 15 is 0 Å². The zero-order valence-corrected chi connectivity index (χ0v) is 4.89. The van der Waals surface area contributed by atoms with E-state index in [1.807, 2.05) is 13.1 Å². The first kappa shape index (κ1) is 5.35. The first-order valence-electron chi connectivity index (χ1n) is 2.62. The summed E-state index contributed by atoms with van der Waals surface area (Å²) in [6, 6.07) is 0. The van der Waals surface area contributed by atoms with Crippen LogP contribution < -0.4 is 0 Å². The number of nitrogens with zero attached hydrogens (tertiary/aromatic N) is 1. The highest BCUT2D eigenvalue weighted by Crippen LogP contribution is 2.06. The summed E-state index contributed by atoms with van der Waals surface area (Å²) in [6.45, 7) is 5.81. The third-order valence-electron chi connectivity index (χ3n) is 1.02. The molecule has 0 saturated heterocycles. The normalized spacial score (nSPS) is 10.4. The van der Waals surface area contributed by atoms with Gasteiger partial charge in [-0.05, 0) is 12.8 Å². The van der Waals surface area contributed by atoms with E-state index in [4.69, 9.17) is 0 Å². The van der Waals surface area contributed by atoms with Crippen molar-refractivity contribution >= 4 is 0 Å². The largest absolute Gasteiger partial charge is 0.351 e. The lowest BCUT2D eigenvalue weighted by Crippen LogP contribution is -1.84. The van der Waals surface area contributed by atoms with Crippen molar-refractivity contribution in [1.29, 1.82) is 0 Å². The van der Waals surface area contributed by atoms with Crippen LogP contribution in [0.4, 0.5) is 0 Å². The highest BCUT2D eigenvalue weighted by atomic mass is 14.9. The van der Waals surface area contributed by atoms with Gasteiger partial charge in [-0.25, -0.2) is 4.98 Å². The van der Waals surface area contributed by atoms with Crippen molar-refractivity contribution in [1.82, 2.24) is 9.97 Å². The van der Waals surface area contributed by atoms with Crippen molar-refractivity contribution in [3.05, 3.63) is 25.1 Å². The molecule has 0 aliphatic heterocycles. The van der Waals surface area contributed by atoms with Crippen LogP contribution in [0.1, 0.15) is 18.5 Å². The first-order chi connectivity index (χ1) is 3.80. The maximum Gasteiger partial charge on any atom is 0.0923 e. The van der Waals surface area contributed by atoms with Crippen molar-refractivity contribution in [3.63, 3.8) is 0 Å². The number of hydrogen-bond donors (Lipinski definition) is 1. The Hall–Kier alpha value is -0.790. The van der Waals surface area contributed by atoms with E-state index in [9.17, 15) is 0 Å². The molecule has 1 radical (unpaired) electrons. The molecule has 1 aromatic heterocycles. The molecule has 0 amide bonds. The van der Waals surface area contributed by atoms with Crippen LogP contribution in [0.2, 0.25) is 0 Å². The molecule has 0 fully saturated rings. The van der Waals surface area contributed by atoms with Crippen molar-refractivity contribution in [3.8, 4) is 0 Å². The molecular formula is C6H9N2. The molecule has 1 rings (SSSR count). The van der Waals surface area contributed by atoms with Crippen molar-refractivity contribution in [2.75, 3.05) is 0 Å². The van der Waals surface area contributed by atoms with Crippen LogP contribution >= 0.6 is 0 Å². The maximum atomic E-state index is 4.00. The summed E-state index contributed by atoms with van der Waals surface area (Å²) in [4.78, 5) is 6.86. The molecule has 8 heavy (non-hydrogen) atoms. The number of hydrogen-bond acceptors (Lipinski definition) is 1. The van der Waals surface area contributed by atoms with Gasteiger partial charge in [0.1, 0.15) is 0 Å². The van der Waals surface area contributed by atoms with Crippen molar-refractivity contribution in [2.45, 2.75) is 12.8 Å². The van der Waals surface area contributed by atoms with Gasteiger partial charge < -0.3 is 4.98 Å². The zero-order chi connectivity index (χ0) is 5.98. The lowest BCUT2D eigenvalue weighted by molar-refractivity contribution is 0.918. The standard InChI is InChI=1S/C6H9N2/c1-5(2)6-3-7-4-8-6/h3-5H,1H2,2H3,(H,7,8). The molecule has 1 N–H and O–H groups in total. The Morgan fingerprint density at radius 1 is 1.88 bits per heavy atom. The van der Waals surface area contributed by atoms with E-state index in [0.29, 0.717) is 5.92 Å². The Balaban J connectivity index is 2.77. The average molecular weight is 109 g/mol. The van der Waals surface area contributed by atoms with Crippen molar-refractivity contribution in [2.24, 2.45) is 0 Å². The van der Waals surface area contributed by atoms with Gasteiger partial charge in [-0.2, -0.15) is 0 Å². The lowest BCUT2D eigenvalue weighted by atomic mass is 10.2. The van der Waals surface area contributed by atoms with Crippen LogP contribution in [-0.2, 0) is 0 Å². The third kappa shape index (κ3) is 0.886. The van der Waals surface area contributed by atoms with Gasteiger partial charge in [-0.1, -0.05) is 6.92 Å². The lowest BCUT2D eigenvalue weighted by Gasteiger charge is -1.93. The summed E-state index contributed by atoms with van der Waals surface area (Å²) in [5, 5.41) is 0. The second-order valence-corrected chi connectivity index (χ2v) is 1.90. The fourth-order valence-electron chi connectivity index (χ4n) is 0.541. The quantitative estimate of drug-likeness (QED) is 0.579. The number of imidazole rings is 1. The Bertz CT molecular complexity index is 142. The average Bonchev–Trinajstić information content (AvgIpc) is 2.12. The number of aromatic nitrogens is 2. The molecule has 43 valence electrons. The molecule has 2 nitrogen and oxygen atoms in total. The predicted octanol–water partition coefficient (Wildman–Crippen LogP) is 1.35. The van der Waals surface area contributed by atoms with Crippen LogP contribution in [0.25, 0.3) is 0 Å². The summed E-state index contributed by atoms with van der Waals surface area (Å²) < 4.78 is 0. The van der Waals surface area contributed by atoms with Crippen LogP contribution in [0.5, 0.6) is 0 Å². The monoisotopic (exact) mass is 109 g/mol. The molecule has 0 spiro atoms. The minimum atomic E-state index is 0.293. The van der Waals surface area contributed by atoms with E-state index in [-0.39, 0.29) is 0 Å². The van der Waals surface area contributed by atoms with E-state index in [1.54, 1.807) is 6.33 Å². The molecule has 1 atom stereocenters. The zero-order valence-electron chi connectivity index (χ0n) is 4.89. The summed E-state index contributed by atoms with van der Waals surface area (Å²) in [6.07, 6.45) is 3.52. The summed E-state index contributed by atoms with van der Waals surface area (Å²) in [5.74, 6) is 0.293. The van der Waals surface area contributed by atoms with Gasteiger partial charge in [-0.15, -0.1) is 0 Å². The Morgan fingerprint density at radius 3 is 2.88 bits per heavy atom. The van der Waals surface area contributed by atoms with E-state index in [2.05, 4.69) is 16.9 Å². The summed E-state index contributed by atoms with van der Waals surface area (Å²) >= 11 is 0. The van der Waals surface area contributed by atoms with Crippen LogP contribution in [-0.4, -0.2) is 9.97 Å². The number of rotatable bonds is 1. The molecule has 1 heterocycles. The third-order valence-corrected chi connectivity index (χ3v) is 1.02. The van der Waals surface area contributed by atoms with Gasteiger partial charge in [0.25, 0.3) is 0 Å². The molecular weight excluding hydrogens is 100 g/mol. The summed E-state index contributed by atoms with van der Waals surface area (Å²) in [7, 11) is 0. The van der Waals surface area contributed by atoms with Crippen LogP contribution in [0, 0.1) is 6.92 Å². The minimum absolute atomic E-state index is 0.293. The number of nitrogens with one attached hydrogen (secondary N) is 1. The Kier molecular flexibility index (Phi) is 1.33. The highest BCUT2D eigenvalue weighted by molar-refractivity contribution is 5.02. The minimum Gasteiger partial charge on any atom is -0.351 e. The fourth-order valence-corrected chi connectivity index (χ4v) is 0.541. The number of H-pyrrole nitrogens is 1. The smallest absolute Gasteiger partial charge is 0.0923 e. The highest BCUT2D eigenvalue weighted by Gasteiger charge is 1.97. The van der Waals surface area contributed by atoms with Gasteiger partial charge in [0, 0.05) is 6.20 Å². The maximum absolute atomic E-state index is 4.00. The van der Waals surface area contributed by atoms with E-state index in [1.165, 1.54) is 0 Å². The van der Waals surface area contributed by atoms with Gasteiger partial charge in [-0.3, -0.25) is 0 Å². The summed E-state index contributed by atoms with van der Waals surface area (Å²) in [5.41, 5.74) is 1.02.